The molecule has 4 aromatic rings. The quantitative estimate of drug-likeness (QED) is 0.0249. The van der Waals surface area contributed by atoms with Crippen molar-refractivity contribution in [1.82, 2.24) is 24.9 Å². The molecule has 3 fully saturated rings. The standard InChI is InChI=1S/C42H61N5O4.C27H29NO11/c1-5-14-33(2)38-39(41(48)50-29-12-19-44-21-25-46(26-22-44)31-36-15-8-6-9-16-36)34(3)43-35(4)40(38)42(49)51-30-13-20-45-23-27-47(28-24-45)32-37-17-10-7-11-18-37;1-10-22(31)13(28)6-17(38-10)39-15-8-27(36,16(30)9-29)7-12-19(15)26(35)21-20(24(12)33)23(32)11-4-3-5-14(37-2)18(11)25(21)34/h6-11,15-18,33,38,43H,5,12-14,19-32H2,1-4H3;3-5,10,13,15,17,22,29,31,33,35-36H,6-9,28H2,1-2H3/t;10-,13-,15-,17-,22+,27-/m.0/s1. The number of carbonyl (C=O) groups excluding carboxylic acids is 5. The Hall–Kier alpha value is -6.89. The molecule has 1 unspecified atom stereocenters. The monoisotopic (exact) mass is 1240 g/mol. The van der Waals surface area contributed by atoms with E-state index in [0.717, 1.165) is 116 Å². The summed E-state index contributed by atoms with van der Waals surface area (Å²) in [5, 5.41) is 57.0. The number of piperazine rings is 2. The average molecular weight is 1240 g/mol. The zero-order valence-electron chi connectivity index (χ0n) is 52.8. The Bertz CT molecular complexity index is 3150. The molecule has 4 aliphatic heterocycles. The van der Waals surface area contributed by atoms with E-state index in [1.807, 2.05) is 13.8 Å². The number of Topliss-reactive ketones (excluding diaryl/α,β-unsaturated/α-hetero) is 1. The highest BCUT2D eigenvalue weighted by molar-refractivity contribution is 6.31. The fourth-order valence-electron chi connectivity index (χ4n) is 13.6. The summed E-state index contributed by atoms with van der Waals surface area (Å²) in [6.45, 7) is 21.4. The number of fused-ring (bicyclic) bond motifs is 3. The second-order valence-electron chi connectivity index (χ2n) is 24.8. The van der Waals surface area contributed by atoms with Crippen LogP contribution in [-0.4, -0.2) is 197 Å². The van der Waals surface area contributed by atoms with Gasteiger partial charge in [0.2, 0.25) is 5.78 Å². The average Bonchev–Trinajstić information content (AvgIpc) is 0.715. The van der Waals surface area contributed by atoms with E-state index in [-0.39, 0.29) is 58.2 Å². The number of dihydropyridines is 1. The number of aromatic hydroxyl groups is 2. The zero-order valence-corrected chi connectivity index (χ0v) is 52.8. The van der Waals surface area contributed by atoms with Gasteiger partial charge in [-0.3, -0.25) is 24.2 Å². The van der Waals surface area contributed by atoms with Crippen molar-refractivity contribution in [3.63, 3.8) is 0 Å². The smallest absolute Gasteiger partial charge is 0.336 e. The van der Waals surface area contributed by atoms with Gasteiger partial charge in [0.05, 0.1) is 66.5 Å². The minimum atomic E-state index is -2.24. The van der Waals surface area contributed by atoms with Crippen molar-refractivity contribution in [2.45, 2.75) is 129 Å². The first-order valence-electron chi connectivity index (χ1n) is 31.7. The number of carbonyl (C=O) groups is 5. The third-order valence-electron chi connectivity index (χ3n) is 18.5. The van der Waals surface area contributed by atoms with E-state index in [1.54, 1.807) is 6.92 Å². The fourth-order valence-corrected chi connectivity index (χ4v) is 13.6. The molecular weight excluding hydrogens is 1150 g/mol. The van der Waals surface area contributed by atoms with Gasteiger partial charge in [-0.15, -0.1) is 0 Å². The Balaban J connectivity index is 0.000000221. The summed E-state index contributed by atoms with van der Waals surface area (Å²) in [5.41, 5.74) is 7.75. The number of esters is 2. The summed E-state index contributed by atoms with van der Waals surface area (Å²) in [4.78, 5) is 77.1. The van der Waals surface area contributed by atoms with Crippen molar-refractivity contribution < 1.29 is 73.2 Å². The normalized spacial score (nSPS) is 23.8. The molecule has 0 saturated carbocycles. The maximum Gasteiger partial charge on any atom is 0.336 e. The largest absolute Gasteiger partial charge is 0.507 e. The molecule has 6 aliphatic rings. The fraction of sp³-hybridized carbons (Fsp3) is 0.522. The van der Waals surface area contributed by atoms with Gasteiger partial charge >= 0.3 is 11.9 Å². The predicted molar refractivity (Wildman–Crippen MR) is 335 cm³/mol. The predicted octanol–water partition coefficient (Wildman–Crippen LogP) is 5.69. The Labute approximate surface area is 527 Å². The van der Waals surface area contributed by atoms with E-state index in [4.69, 9.17) is 29.4 Å². The number of hydrogen-bond acceptors (Lipinski definition) is 21. The van der Waals surface area contributed by atoms with Crippen LogP contribution in [0.3, 0.4) is 0 Å². The lowest BCUT2D eigenvalue weighted by atomic mass is 9.72. The second-order valence-corrected chi connectivity index (χ2v) is 24.8. The Morgan fingerprint density at radius 2 is 1.27 bits per heavy atom. The minimum Gasteiger partial charge on any atom is -0.507 e. The summed E-state index contributed by atoms with van der Waals surface area (Å²) in [6, 6.07) is 24.9. The lowest BCUT2D eigenvalue weighted by Crippen LogP contribution is -2.53. The third-order valence-corrected chi connectivity index (χ3v) is 18.5. The number of allylic oxidation sites excluding steroid dienone is 2. The van der Waals surface area contributed by atoms with E-state index in [9.17, 15) is 49.5 Å². The summed E-state index contributed by atoms with van der Waals surface area (Å²) >= 11 is 0. The van der Waals surface area contributed by atoms with Crippen molar-refractivity contribution in [3.05, 3.63) is 146 Å². The summed E-state index contributed by atoms with van der Waals surface area (Å²) in [5.74, 6) is -4.70. The SMILES string of the molecule is CCCC(C)C1C(C(=O)OCCCN2CCN(Cc3ccccc3)CC2)=C(C)NC(C)=C1C(=O)OCCCN1CCN(Cc2ccccc2)CC1.COc1cccc2c1C(=O)c1c(O)c3c(c(O)c1C2=O)C[C@@](O)(C(=O)CO)C[C@@H]3O[C@H]1C[C@H](N)[C@H](O)[C@H](C)O1. The molecule has 4 aromatic carbocycles. The number of hydrogen-bond donors (Lipinski definition) is 7. The highest BCUT2D eigenvalue weighted by Gasteiger charge is 2.50. The number of nitrogens with zero attached hydrogens (tertiary/aromatic N) is 4. The number of phenols is 2. The first kappa shape index (κ1) is 67.5. The summed E-state index contributed by atoms with van der Waals surface area (Å²) < 4.78 is 28.8. The molecule has 21 heteroatoms. The van der Waals surface area contributed by atoms with Crippen molar-refractivity contribution in [2.24, 2.45) is 17.6 Å². The van der Waals surface area contributed by atoms with Crippen LogP contribution in [0.1, 0.15) is 133 Å². The molecule has 3 saturated heterocycles. The van der Waals surface area contributed by atoms with Crippen molar-refractivity contribution >= 4 is 29.3 Å². The van der Waals surface area contributed by atoms with Gasteiger partial charge in [0.25, 0.3) is 0 Å². The first-order chi connectivity index (χ1) is 43.2. The minimum absolute atomic E-state index is 0.0173. The van der Waals surface area contributed by atoms with Gasteiger partial charge in [-0.1, -0.05) is 99.5 Å². The summed E-state index contributed by atoms with van der Waals surface area (Å²) in [6.07, 6.45) is -1.70. The molecule has 21 nitrogen and oxygen atoms in total. The van der Waals surface area contributed by atoms with Crippen molar-refractivity contribution in [2.75, 3.05) is 92.4 Å². The first-order valence-corrected chi connectivity index (χ1v) is 31.7. The van der Waals surface area contributed by atoms with E-state index in [1.165, 1.54) is 36.4 Å². The molecule has 0 amide bonds. The zero-order chi connectivity index (χ0) is 64.4. The highest BCUT2D eigenvalue weighted by atomic mass is 16.7. The van der Waals surface area contributed by atoms with Crippen LogP contribution in [0.25, 0.3) is 0 Å². The maximum absolute atomic E-state index is 13.7. The maximum atomic E-state index is 13.7. The molecule has 0 spiro atoms. The number of rotatable bonds is 22. The van der Waals surface area contributed by atoms with Gasteiger partial charge in [-0.25, -0.2) is 9.59 Å². The van der Waals surface area contributed by atoms with Crippen LogP contribution < -0.4 is 15.8 Å². The number of nitrogens with two attached hydrogens (primary N) is 1. The highest BCUT2D eigenvalue weighted by Crippen LogP contribution is 2.53. The summed E-state index contributed by atoms with van der Waals surface area (Å²) in [7, 11) is 1.32. The number of benzene rings is 4. The molecular formula is C69H90N6O15. The van der Waals surface area contributed by atoms with Gasteiger partial charge in [-0.05, 0) is 56.7 Å². The third kappa shape index (κ3) is 15.4. The van der Waals surface area contributed by atoms with Crippen LogP contribution in [0.5, 0.6) is 17.2 Å². The van der Waals surface area contributed by atoms with Crippen LogP contribution in [0.2, 0.25) is 0 Å². The van der Waals surface area contributed by atoms with E-state index < -0.39 is 95.7 Å². The van der Waals surface area contributed by atoms with Crippen LogP contribution >= 0.6 is 0 Å². The van der Waals surface area contributed by atoms with E-state index in [2.05, 4.69) is 99.4 Å². The number of ether oxygens (including phenoxy) is 5. The van der Waals surface area contributed by atoms with E-state index >= 15 is 0 Å². The number of ketones is 3. The number of nitrogens with one attached hydrogen (secondary N) is 1. The molecule has 90 heavy (non-hydrogen) atoms. The molecule has 486 valence electrons. The molecule has 8 N–H and O–H groups in total. The molecule has 0 bridgehead atoms. The lowest BCUT2D eigenvalue weighted by molar-refractivity contribution is -0.247. The van der Waals surface area contributed by atoms with Gasteiger partial charge in [0.1, 0.15) is 29.5 Å². The van der Waals surface area contributed by atoms with Crippen LogP contribution in [0.15, 0.2) is 101 Å². The molecule has 7 atom stereocenters. The number of aliphatic hydroxyl groups excluding tert-OH is 2. The molecule has 4 heterocycles. The number of aliphatic hydroxyl groups is 3. The molecule has 10 rings (SSSR count). The topological polar surface area (TPSA) is 284 Å². The van der Waals surface area contributed by atoms with Crippen LogP contribution in [0.4, 0.5) is 0 Å². The van der Waals surface area contributed by atoms with Crippen LogP contribution in [0, 0.1) is 11.8 Å². The van der Waals surface area contributed by atoms with Gasteiger partial charge in [-0.2, -0.15) is 0 Å². The van der Waals surface area contributed by atoms with Crippen LogP contribution in [-0.2, 0) is 52.8 Å². The van der Waals surface area contributed by atoms with E-state index in [0.29, 0.717) is 24.4 Å². The van der Waals surface area contributed by atoms with Gasteiger partial charge in [0.15, 0.2) is 17.9 Å². The number of methoxy groups -OCH3 is 1. The Morgan fingerprint density at radius 1 is 0.744 bits per heavy atom. The second kappa shape index (κ2) is 30.5. The number of phenolic OH excluding ortho intramolecular Hbond substituents is 2. The molecule has 0 aromatic heterocycles. The van der Waals surface area contributed by atoms with Gasteiger partial charge in [0, 0.05) is 138 Å². The van der Waals surface area contributed by atoms with Crippen molar-refractivity contribution in [1.29, 1.82) is 0 Å². The molecule has 0 radical (unpaired) electrons. The lowest BCUT2D eigenvalue weighted by Gasteiger charge is -2.42. The Kier molecular flexibility index (Phi) is 22.9. The molecule has 2 aliphatic carbocycles. The van der Waals surface area contributed by atoms with Gasteiger partial charge < -0.3 is 70.1 Å². The van der Waals surface area contributed by atoms with Crippen molar-refractivity contribution in [3.8, 4) is 17.2 Å². The Morgan fingerprint density at radius 3 is 1.77 bits per heavy atom.